The summed E-state index contributed by atoms with van der Waals surface area (Å²) < 4.78 is 5.19. The number of hydrogen-bond donors (Lipinski definition) is 0. The summed E-state index contributed by atoms with van der Waals surface area (Å²) >= 11 is 0. The van der Waals surface area contributed by atoms with Gasteiger partial charge >= 0.3 is 5.97 Å². The number of esters is 1. The van der Waals surface area contributed by atoms with Crippen LogP contribution in [0.5, 0.6) is 0 Å². The van der Waals surface area contributed by atoms with Crippen LogP contribution in [0.4, 0.5) is 0 Å². The number of carbonyl (C=O) groups excluding carboxylic acids is 1. The zero-order valence-electron chi connectivity index (χ0n) is 10.6. The molecule has 0 bridgehead atoms. The highest BCUT2D eigenvalue weighted by atomic mass is 16.5. The molecule has 0 spiro atoms. The summed E-state index contributed by atoms with van der Waals surface area (Å²) in [5.41, 5.74) is 0. The maximum atomic E-state index is 10.9. The number of allylic oxidation sites excluding steroid dienone is 2. The Bertz CT molecular complexity index is 219. The third kappa shape index (κ3) is 9.50. The van der Waals surface area contributed by atoms with Gasteiger partial charge in [-0.15, -0.1) is 0 Å². The lowest BCUT2D eigenvalue weighted by Gasteiger charge is -2.12. The van der Waals surface area contributed by atoms with Crippen molar-refractivity contribution < 1.29 is 9.53 Å². The van der Waals surface area contributed by atoms with Crippen molar-refractivity contribution in [3.63, 3.8) is 0 Å². The predicted molar refractivity (Wildman–Crippen MR) is 68.3 cm³/mol. The van der Waals surface area contributed by atoms with Crippen LogP contribution in [0.2, 0.25) is 0 Å². The van der Waals surface area contributed by atoms with Crippen LogP contribution in [0.1, 0.15) is 52.4 Å². The highest BCUT2D eigenvalue weighted by Gasteiger charge is 2.07. The average Bonchev–Trinajstić information content (AvgIpc) is 2.24. The molecule has 2 heteroatoms. The summed E-state index contributed by atoms with van der Waals surface area (Å²) in [7, 11) is 0. The van der Waals surface area contributed by atoms with Gasteiger partial charge in [0.1, 0.15) is 6.10 Å². The van der Waals surface area contributed by atoms with Gasteiger partial charge < -0.3 is 4.74 Å². The fourth-order valence-electron chi connectivity index (χ4n) is 1.56. The maximum absolute atomic E-state index is 10.9. The van der Waals surface area contributed by atoms with E-state index in [2.05, 4.69) is 13.5 Å². The number of unbranched alkanes of at least 4 members (excludes halogenated alkanes) is 4. The fourth-order valence-corrected chi connectivity index (χ4v) is 1.56. The van der Waals surface area contributed by atoms with Crippen molar-refractivity contribution >= 4 is 5.97 Å². The summed E-state index contributed by atoms with van der Waals surface area (Å²) in [5, 5.41) is 0. The van der Waals surface area contributed by atoms with E-state index in [4.69, 9.17) is 4.74 Å². The van der Waals surface area contributed by atoms with Crippen LogP contribution in [-0.2, 0) is 9.53 Å². The Balaban J connectivity index is 3.78. The lowest BCUT2D eigenvalue weighted by Crippen LogP contribution is -2.13. The minimum absolute atomic E-state index is 0.0860. The van der Waals surface area contributed by atoms with Gasteiger partial charge in [0.05, 0.1) is 0 Å². The van der Waals surface area contributed by atoms with Crippen LogP contribution in [0.15, 0.2) is 24.8 Å². The lowest BCUT2D eigenvalue weighted by molar-refractivity contribution is -0.144. The molecule has 0 radical (unpaired) electrons. The molecule has 2 nitrogen and oxygen atoms in total. The van der Waals surface area contributed by atoms with Gasteiger partial charge in [-0.1, -0.05) is 51.3 Å². The largest absolute Gasteiger partial charge is 0.458 e. The molecule has 0 N–H and O–H groups in total. The molecule has 0 aliphatic rings. The zero-order chi connectivity index (χ0) is 12.2. The predicted octanol–water partition coefficient (Wildman–Crippen LogP) is 4.02. The van der Waals surface area contributed by atoms with Crippen LogP contribution in [-0.4, -0.2) is 12.1 Å². The Morgan fingerprint density at radius 2 is 2.00 bits per heavy atom. The minimum Gasteiger partial charge on any atom is -0.458 e. The number of hydrogen-bond acceptors (Lipinski definition) is 2. The van der Waals surface area contributed by atoms with Gasteiger partial charge in [0.2, 0.25) is 0 Å². The fraction of sp³-hybridized carbons (Fsp3) is 0.643. The Morgan fingerprint density at radius 3 is 2.56 bits per heavy atom. The monoisotopic (exact) mass is 224 g/mol. The van der Waals surface area contributed by atoms with Crippen LogP contribution in [0.3, 0.4) is 0 Å². The Morgan fingerprint density at radius 1 is 1.31 bits per heavy atom. The molecular formula is C14H24O2. The van der Waals surface area contributed by atoms with E-state index in [0.29, 0.717) is 0 Å². The molecule has 0 heterocycles. The highest BCUT2D eigenvalue weighted by Crippen LogP contribution is 2.10. The summed E-state index contributed by atoms with van der Waals surface area (Å²) in [6.07, 6.45) is 12.4. The van der Waals surface area contributed by atoms with Crippen LogP contribution in [0.25, 0.3) is 0 Å². The van der Waals surface area contributed by atoms with E-state index < -0.39 is 0 Å². The molecule has 16 heavy (non-hydrogen) atoms. The van der Waals surface area contributed by atoms with E-state index in [9.17, 15) is 4.79 Å². The van der Waals surface area contributed by atoms with E-state index in [1.54, 1.807) is 6.08 Å². The summed E-state index contributed by atoms with van der Waals surface area (Å²) in [4.78, 5) is 10.9. The minimum atomic E-state index is -0.215. The van der Waals surface area contributed by atoms with Crippen LogP contribution >= 0.6 is 0 Å². The van der Waals surface area contributed by atoms with Crippen molar-refractivity contribution in [3.8, 4) is 0 Å². The van der Waals surface area contributed by atoms with Gasteiger partial charge in [-0.05, 0) is 18.9 Å². The molecular weight excluding hydrogens is 200 g/mol. The highest BCUT2D eigenvalue weighted by molar-refractivity contribution is 5.66. The van der Waals surface area contributed by atoms with E-state index >= 15 is 0 Å². The second kappa shape index (κ2) is 10.5. The molecule has 0 saturated carbocycles. The van der Waals surface area contributed by atoms with Gasteiger partial charge in [-0.2, -0.15) is 0 Å². The molecule has 0 fully saturated rings. The van der Waals surface area contributed by atoms with Crippen molar-refractivity contribution in [3.05, 3.63) is 24.8 Å². The normalized spacial score (nSPS) is 12.6. The Hall–Kier alpha value is -1.05. The first-order valence-corrected chi connectivity index (χ1v) is 6.17. The Kier molecular flexibility index (Phi) is 9.78. The van der Waals surface area contributed by atoms with Crippen LogP contribution in [0, 0.1) is 0 Å². The van der Waals surface area contributed by atoms with E-state index in [1.165, 1.54) is 32.6 Å². The molecule has 1 atom stereocenters. The third-order valence-electron chi connectivity index (χ3n) is 2.37. The van der Waals surface area contributed by atoms with Gasteiger partial charge in [-0.25, -0.2) is 0 Å². The first-order valence-electron chi connectivity index (χ1n) is 6.17. The van der Waals surface area contributed by atoms with Gasteiger partial charge in [0.15, 0.2) is 0 Å². The standard InChI is InChI=1S/C14H24O2/c1-4-6-8-9-10-12-14(11-7-5-2)16-13(3)15/h5,7,11,14H,2,4,6,8-10,12H2,1,3H3. The first kappa shape index (κ1) is 14.9. The molecule has 0 aromatic rings. The second-order valence-electron chi connectivity index (χ2n) is 3.97. The van der Waals surface area contributed by atoms with E-state index in [1.807, 2.05) is 12.2 Å². The smallest absolute Gasteiger partial charge is 0.303 e. The van der Waals surface area contributed by atoms with Crippen LogP contribution < -0.4 is 0 Å². The van der Waals surface area contributed by atoms with Crippen molar-refractivity contribution in [1.29, 1.82) is 0 Å². The van der Waals surface area contributed by atoms with Gasteiger partial charge in [-0.3, -0.25) is 4.79 Å². The molecule has 0 aliphatic heterocycles. The topological polar surface area (TPSA) is 26.3 Å². The molecule has 0 aromatic heterocycles. The molecule has 0 rings (SSSR count). The van der Waals surface area contributed by atoms with Crippen molar-refractivity contribution in [2.75, 3.05) is 0 Å². The summed E-state index contributed by atoms with van der Waals surface area (Å²) in [5.74, 6) is -0.215. The zero-order valence-corrected chi connectivity index (χ0v) is 10.6. The SMILES string of the molecule is C=CC=CC(CCCCCCC)OC(C)=O. The van der Waals surface area contributed by atoms with Crippen molar-refractivity contribution in [2.45, 2.75) is 58.5 Å². The number of ether oxygens (including phenoxy) is 1. The Labute approximate surface area is 99.4 Å². The van der Waals surface area contributed by atoms with Gasteiger partial charge in [0, 0.05) is 6.92 Å². The van der Waals surface area contributed by atoms with Crippen molar-refractivity contribution in [2.24, 2.45) is 0 Å². The molecule has 1 unspecified atom stereocenters. The molecule has 0 aromatic carbocycles. The summed E-state index contributed by atoms with van der Waals surface area (Å²) in [6.45, 7) is 7.26. The third-order valence-corrected chi connectivity index (χ3v) is 2.37. The molecule has 0 aliphatic carbocycles. The molecule has 0 amide bonds. The maximum Gasteiger partial charge on any atom is 0.303 e. The molecule has 92 valence electrons. The van der Waals surface area contributed by atoms with Crippen molar-refractivity contribution in [1.82, 2.24) is 0 Å². The average molecular weight is 224 g/mol. The second-order valence-corrected chi connectivity index (χ2v) is 3.97. The quantitative estimate of drug-likeness (QED) is 0.336. The van der Waals surface area contributed by atoms with E-state index in [-0.39, 0.29) is 12.1 Å². The first-order chi connectivity index (χ1) is 7.70. The number of carbonyl (C=O) groups is 1. The number of rotatable bonds is 9. The lowest BCUT2D eigenvalue weighted by atomic mass is 10.1. The van der Waals surface area contributed by atoms with E-state index in [0.717, 1.165) is 12.8 Å². The van der Waals surface area contributed by atoms with Gasteiger partial charge in [0.25, 0.3) is 0 Å². The molecule has 0 saturated heterocycles. The summed E-state index contributed by atoms with van der Waals surface area (Å²) in [6, 6.07) is 0.